The van der Waals surface area contributed by atoms with Crippen molar-refractivity contribution in [2.45, 2.75) is 59.4 Å². The lowest BCUT2D eigenvalue weighted by molar-refractivity contribution is -0.126. The van der Waals surface area contributed by atoms with Crippen LogP contribution in [0.5, 0.6) is 0 Å². The SMILES string of the molecule is CCN(C)C(C)C(=O)NCC1(CC(C)C)CCC1.Cl. The van der Waals surface area contributed by atoms with Crippen molar-refractivity contribution < 1.29 is 4.79 Å². The second-order valence-electron chi connectivity index (χ2n) is 6.42. The Morgan fingerprint density at radius 2 is 1.89 bits per heavy atom. The van der Waals surface area contributed by atoms with Gasteiger partial charge in [-0.3, -0.25) is 9.69 Å². The predicted octanol–water partition coefficient (Wildman–Crippen LogP) is 3.08. The van der Waals surface area contributed by atoms with Gasteiger partial charge in [-0.25, -0.2) is 0 Å². The zero-order valence-electron chi connectivity index (χ0n) is 13.2. The highest BCUT2D eigenvalue weighted by atomic mass is 35.5. The van der Waals surface area contributed by atoms with Crippen molar-refractivity contribution in [2.75, 3.05) is 20.1 Å². The fourth-order valence-electron chi connectivity index (χ4n) is 2.89. The average Bonchev–Trinajstić information content (AvgIpc) is 2.29. The van der Waals surface area contributed by atoms with Gasteiger partial charge in [-0.2, -0.15) is 0 Å². The van der Waals surface area contributed by atoms with Gasteiger partial charge in [0.25, 0.3) is 0 Å². The topological polar surface area (TPSA) is 32.3 Å². The highest BCUT2D eigenvalue weighted by molar-refractivity contribution is 5.85. The van der Waals surface area contributed by atoms with Crippen LogP contribution in [-0.4, -0.2) is 37.0 Å². The molecule has 0 spiro atoms. The van der Waals surface area contributed by atoms with Crippen LogP contribution in [0.4, 0.5) is 0 Å². The molecule has 1 aliphatic carbocycles. The fourth-order valence-corrected chi connectivity index (χ4v) is 2.89. The van der Waals surface area contributed by atoms with Crippen LogP contribution >= 0.6 is 12.4 Å². The lowest BCUT2D eigenvalue weighted by atomic mass is 9.64. The summed E-state index contributed by atoms with van der Waals surface area (Å²) in [6.45, 7) is 10.4. The molecule has 1 fully saturated rings. The summed E-state index contributed by atoms with van der Waals surface area (Å²) in [6.07, 6.45) is 5.13. The van der Waals surface area contributed by atoms with Gasteiger partial charge in [0, 0.05) is 6.54 Å². The number of likely N-dealkylation sites (N-methyl/N-ethyl adjacent to an activating group) is 1. The molecular weight excluding hydrogens is 260 g/mol. The molecule has 0 saturated heterocycles. The van der Waals surface area contributed by atoms with Crippen molar-refractivity contribution in [3.8, 4) is 0 Å². The van der Waals surface area contributed by atoms with E-state index in [0.717, 1.165) is 19.0 Å². The van der Waals surface area contributed by atoms with E-state index in [9.17, 15) is 4.79 Å². The first-order valence-electron chi connectivity index (χ1n) is 7.38. The Balaban J connectivity index is 0.00000324. The second-order valence-corrected chi connectivity index (χ2v) is 6.42. The molecule has 1 unspecified atom stereocenters. The Morgan fingerprint density at radius 3 is 2.26 bits per heavy atom. The molecule has 4 heteroatoms. The van der Waals surface area contributed by atoms with E-state index < -0.39 is 0 Å². The van der Waals surface area contributed by atoms with Crippen LogP contribution in [0.25, 0.3) is 0 Å². The van der Waals surface area contributed by atoms with E-state index in [2.05, 4.69) is 31.0 Å². The lowest BCUT2D eigenvalue weighted by Gasteiger charge is -2.43. The molecule has 0 aromatic rings. The van der Waals surface area contributed by atoms with Gasteiger partial charge in [0.2, 0.25) is 5.91 Å². The maximum atomic E-state index is 12.1. The number of halogens is 1. The van der Waals surface area contributed by atoms with Gasteiger partial charge in [-0.1, -0.05) is 27.2 Å². The highest BCUT2D eigenvalue weighted by Gasteiger charge is 2.37. The van der Waals surface area contributed by atoms with Crippen LogP contribution in [0.1, 0.15) is 53.4 Å². The molecule has 1 saturated carbocycles. The van der Waals surface area contributed by atoms with Gasteiger partial charge in [0.1, 0.15) is 0 Å². The summed E-state index contributed by atoms with van der Waals surface area (Å²) in [6, 6.07) is -0.0221. The average molecular weight is 291 g/mol. The number of hydrogen-bond acceptors (Lipinski definition) is 2. The van der Waals surface area contributed by atoms with E-state index in [1.165, 1.54) is 25.7 Å². The van der Waals surface area contributed by atoms with Crippen LogP contribution in [0.15, 0.2) is 0 Å². The fraction of sp³-hybridized carbons (Fsp3) is 0.933. The normalized spacial score (nSPS) is 18.7. The molecule has 3 nitrogen and oxygen atoms in total. The van der Waals surface area contributed by atoms with Crippen molar-refractivity contribution in [1.29, 1.82) is 0 Å². The molecule has 1 amide bonds. The summed E-state index contributed by atoms with van der Waals surface area (Å²) in [5.74, 6) is 0.896. The number of nitrogens with zero attached hydrogens (tertiary/aromatic N) is 1. The summed E-state index contributed by atoms with van der Waals surface area (Å²) in [7, 11) is 2.00. The first kappa shape index (κ1) is 18.7. The smallest absolute Gasteiger partial charge is 0.237 e. The third kappa shape index (κ3) is 5.31. The first-order chi connectivity index (χ1) is 8.40. The van der Waals surface area contributed by atoms with Crippen LogP contribution < -0.4 is 5.32 Å². The summed E-state index contributed by atoms with van der Waals surface area (Å²) >= 11 is 0. The van der Waals surface area contributed by atoms with E-state index in [4.69, 9.17) is 0 Å². The Bertz CT molecular complexity index is 277. The van der Waals surface area contributed by atoms with E-state index in [-0.39, 0.29) is 24.4 Å². The van der Waals surface area contributed by atoms with Gasteiger partial charge < -0.3 is 5.32 Å². The summed E-state index contributed by atoms with van der Waals surface area (Å²) < 4.78 is 0. The van der Waals surface area contributed by atoms with Crippen molar-refractivity contribution in [3.05, 3.63) is 0 Å². The van der Waals surface area contributed by atoms with Crippen molar-refractivity contribution in [1.82, 2.24) is 10.2 Å². The minimum atomic E-state index is -0.0221. The Hall–Kier alpha value is -0.280. The summed E-state index contributed by atoms with van der Waals surface area (Å²) in [4.78, 5) is 14.1. The summed E-state index contributed by atoms with van der Waals surface area (Å²) in [5, 5.41) is 3.17. The quantitative estimate of drug-likeness (QED) is 0.781. The molecule has 0 bridgehead atoms. The van der Waals surface area contributed by atoms with E-state index >= 15 is 0 Å². The Labute approximate surface area is 124 Å². The molecule has 0 aliphatic heterocycles. The van der Waals surface area contributed by atoms with Gasteiger partial charge in [-0.15, -0.1) is 12.4 Å². The maximum Gasteiger partial charge on any atom is 0.237 e. The minimum Gasteiger partial charge on any atom is -0.354 e. The molecule has 0 aromatic carbocycles. The standard InChI is InChI=1S/C15H30N2O.ClH/c1-6-17(5)13(4)14(18)16-11-15(8-7-9-15)10-12(2)3;/h12-13H,6-11H2,1-5H3,(H,16,18);1H. The van der Waals surface area contributed by atoms with Gasteiger partial charge >= 0.3 is 0 Å². The van der Waals surface area contributed by atoms with Crippen LogP contribution in [0.3, 0.4) is 0 Å². The number of carbonyl (C=O) groups is 1. The molecular formula is C15H31ClN2O. The highest BCUT2D eigenvalue weighted by Crippen LogP contribution is 2.45. The maximum absolute atomic E-state index is 12.1. The van der Waals surface area contributed by atoms with Crippen LogP contribution in [0.2, 0.25) is 0 Å². The van der Waals surface area contributed by atoms with Crippen LogP contribution in [0, 0.1) is 11.3 Å². The number of amides is 1. The second kappa shape index (κ2) is 8.11. The minimum absolute atomic E-state index is 0. The van der Waals surface area contributed by atoms with Gasteiger partial charge in [0.05, 0.1) is 6.04 Å². The number of carbonyl (C=O) groups excluding carboxylic acids is 1. The molecule has 1 aliphatic rings. The van der Waals surface area contributed by atoms with Crippen molar-refractivity contribution in [3.63, 3.8) is 0 Å². The molecule has 0 aromatic heterocycles. The Kier molecular flexibility index (Phi) is 7.99. The number of rotatable bonds is 7. The van der Waals surface area contributed by atoms with E-state index in [0.29, 0.717) is 5.41 Å². The molecule has 0 heterocycles. The van der Waals surface area contributed by atoms with E-state index in [1.807, 2.05) is 14.0 Å². The monoisotopic (exact) mass is 290 g/mol. The molecule has 114 valence electrons. The first-order valence-corrected chi connectivity index (χ1v) is 7.38. The third-order valence-corrected chi connectivity index (χ3v) is 4.43. The molecule has 1 atom stereocenters. The number of nitrogens with one attached hydrogen (secondary N) is 1. The lowest BCUT2D eigenvalue weighted by Crippen LogP contribution is -2.48. The molecule has 1 N–H and O–H groups in total. The van der Waals surface area contributed by atoms with Crippen molar-refractivity contribution >= 4 is 18.3 Å². The Morgan fingerprint density at radius 1 is 1.32 bits per heavy atom. The zero-order valence-corrected chi connectivity index (χ0v) is 14.0. The molecule has 19 heavy (non-hydrogen) atoms. The van der Waals surface area contributed by atoms with Gasteiger partial charge in [-0.05, 0) is 51.1 Å². The predicted molar refractivity (Wildman–Crippen MR) is 83.8 cm³/mol. The van der Waals surface area contributed by atoms with E-state index in [1.54, 1.807) is 0 Å². The molecule has 1 rings (SSSR count). The molecule has 0 radical (unpaired) electrons. The number of hydrogen-bond donors (Lipinski definition) is 1. The van der Waals surface area contributed by atoms with Crippen LogP contribution in [-0.2, 0) is 4.79 Å². The van der Waals surface area contributed by atoms with Crippen molar-refractivity contribution in [2.24, 2.45) is 11.3 Å². The zero-order chi connectivity index (χ0) is 13.8. The largest absolute Gasteiger partial charge is 0.354 e. The van der Waals surface area contributed by atoms with Gasteiger partial charge in [0.15, 0.2) is 0 Å². The summed E-state index contributed by atoms with van der Waals surface area (Å²) in [5.41, 5.74) is 0.397. The third-order valence-electron chi connectivity index (χ3n) is 4.43.